The van der Waals surface area contributed by atoms with Gasteiger partial charge in [-0.3, -0.25) is 0 Å². The maximum Gasteiger partial charge on any atom is 0.364 e. The number of hydrogen-bond acceptors (Lipinski definition) is 6. The maximum atomic E-state index is 12.7. The summed E-state index contributed by atoms with van der Waals surface area (Å²) in [5.41, 5.74) is 1.09. The molecule has 3 rings (SSSR count). The van der Waals surface area contributed by atoms with Gasteiger partial charge in [0.05, 0.1) is 22.0 Å². The van der Waals surface area contributed by atoms with Crippen LogP contribution in [0.1, 0.15) is 21.6 Å². The van der Waals surface area contributed by atoms with Crippen molar-refractivity contribution in [1.29, 1.82) is 0 Å². The van der Waals surface area contributed by atoms with Crippen molar-refractivity contribution in [3.63, 3.8) is 0 Å². The summed E-state index contributed by atoms with van der Waals surface area (Å²) in [5.74, 6) is -1.28. The van der Waals surface area contributed by atoms with E-state index in [-0.39, 0.29) is 21.5 Å². The molecule has 3 aromatic rings. The lowest BCUT2D eigenvalue weighted by atomic mass is 10.2. The second-order valence-electron chi connectivity index (χ2n) is 6.06. The lowest BCUT2D eigenvalue weighted by Gasteiger charge is -2.09. The molecule has 150 valence electrons. The van der Waals surface area contributed by atoms with E-state index in [1.165, 1.54) is 18.2 Å². The van der Waals surface area contributed by atoms with Gasteiger partial charge in [-0.25, -0.2) is 23.2 Å². The third-order valence-electron chi connectivity index (χ3n) is 3.73. The van der Waals surface area contributed by atoms with E-state index in [1.54, 1.807) is 18.2 Å². The van der Waals surface area contributed by atoms with E-state index in [9.17, 15) is 13.2 Å². The largest absolute Gasteiger partial charge is 0.420 e. The highest BCUT2D eigenvalue weighted by atomic mass is 35.5. The van der Waals surface area contributed by atoms with Crippen molar-refractivity contribution in [2.24, 2.45) is 0 Å². The molecule has 0 saturated carbocycles. The molecule has 0 unspecified atom stereocenters. The van der Waals surface area contributed by atoms with Crippen LogP contribution in [0.4, 0.5) is 0 Å². The number of aryl methyl sites for hydroxylation is 1. The molecular weight excluding hydrogens is 459 g/mol. The van der Waals surface area contributed by atoms with Crippen LogP contribution >= 0.6 is 34.8 Å². The summed E-state index contributed by atoms with van der Waals surface area (Å²) in [4.78, 5) is 20.1. The van der Waals surface area contributed by atoms with Gasteiger partial charge in [0, 0.05) is 5.02 Å². The molecule has 2 aromatic carbocycles. The molecular formula is C19H13Cl3N2O4S. The first-order chi connectivity index (χ1) is 13.7. The zero-order chi connectivity index (χ0) is 21.2. The number of benzene rings is 2. The van der Waals surface area contributed by atoms with Gasteiger partial charge in [0.15, 0.2) is 5.69 Å². The van der Waals surface area contributed by atoms with E-state index >= 15 is 0 Å². The first-order valence-corrected chi connectivity index (χ1v) is 10.9. The van der Waals surface area contributed by atoms with E-state index in [2.05, 4.69) is 9.97 Å². The topological polar surface area (TPSA) is 86.2 Å². The van der Waals surface area contributed by atoms with Crippen LogP contribution in [-0.2, 0) is 15.6 Å². The van der Waals surface area contributed by atoms with Crippen LogP contribution in [0.5, 0.6) is 5.75 Å². The minimum absolute atomic E-state index is 0.0277. The summed E-state index contributed by atoms with van der Waals surface area (Å²) in [5, 5.41) is -0.227. The number of rotatable bonds is 5. The maximum absolute atomic E-state index is 12.7. The number of aromatic nitrogens is 2. The monoisotopic (exact) mass is 470 g/mol. The van der Waals surface area contributed by atoms with E-state index < -0.39 is 26.7 Å². The second-order valence-corrected chi connectivity index (χ2v) is 9.20. The molecule has 0 fully saturated rings. The number of halogens is 3. The molecule has 6 nitrogen and oxygen atoms in total. The second kappa shape index (κ2) is 8.67. The van der Waals surface area contributed by atoms with E-state index in [0.717, 1.165) is 11.8 Å². The summed E-state index contributed by atoms with van der Waals surface area (Å²) in [6, 6.07) is 11.3. The van der Waals surface area contributed by atoms with Crippen LogP contribution in [0.25, 0.3) is 0 Å². The Labute approximate surface area is 182 Å². The van der Waals surface area contributed by atoms with Gasteiger partial charge in [-0.05, 0) is 30.7 Å². The molecule has 0 aliphatic heterocycles. The average Bonchev–Trinajstić information content (AvgIpc) is 2.63. The third kappa shape index (κ3) is 5.25. The number of carbonyl (C=O) groups is 1. The van der Waals surface area contributed by atoms with Crippen molar-refractivity contribution in [3.8, 4) is 5.75 Å². The van der Waals surface area contributed by atoms with Gasteiger partial charge in [-0.1, -0.05) is 64.6 Å². The van der Waals surface area contributed by atoms with Gasteiger partial charge in [0.1, 0.15) is 5.75 Å². The minimum atomic E-state index is -3.92. The highest BCUT2D eigenvalue weighted by Crippen LogP contribution is 2.29. The molecule has 0 bridgehead atoms. The zero-order valence-electron chi connectivity index (χ0n) is 14.9. The number of esters is 1. The zero-order valence-corrected chi connectivity index (χ0v) is 18.0. The Morgan fingerprint density at radius 2 is 1.83 bits per heavy atom. The average molecular weight is 472 g/mol. The minimum Gasteiger partial charge on any atom is -0.420 e. The van der Waals surface area contributed by atoms with Crippen LogP contribution in [0.2, 0.25) is 15.1 Å². The van der Waals surface area contributed by atoms with Crippen molar-refractivity contribution in [2.45, 2.75) is 17.8 Å². The summed E-state index contributed by atoms with van der Waals surface area (Å²) in [6.45, 7) is 1.85. The molecule has 0 radical (unpaired) electrons. The standard InChI is InChI=1S/C19H13Cl3N2O4S/c1-11-3-2-4-12(7-11)10-29(26,27)19-23-9-15(22)17(24-19)18(25)28-16-6-5-13(20)8-14(16)21/h2-9H,10H2,1H3. The summed E-state index contributed by atoms with van der Waals surface area (Å²) in [6.07, 6.45) is 1.04. The number of carbonyl (C=O) groups excluding carboxylic acids is 1. The highest BCUT2D eigenvalue weighted by molar-refractivity contribution is 7.90. The van der Waals surface area contributed by atoms with Gasteiger partial charge in [-0.15, -0.1) is 0 Å². The smallest absolute Gasteiger partial charge is 0.364 e. The van der Waals surface area contributed by atoms with Crippen LogP contribution in [0.3, 0.4) is 0 Å². The molecule has 0 saturated heterocycles. The summed E-state index contributed by atoms with van der Waals surface area (Å²) < 4.78 is 30.6. The Kier molecular flexibility index (Phi) is 6.43. The molecule has 1 aromatic heterocycles. The Morgan fingerprint density at radius 1 is 1.07 bits per heavy atom. The molecule has 0 aliphatic rings. The first-order valence-electron chi connectivity index (χ1n) is 8.14. The highest BCUT2D eigenvalue weighted by Gasteiger charge is 2.24. The molecule has 0 spiro atoms. The summed E-state index contributed by atoms with van der Waals surface area (Å²) in [7, 11) is -3.92. The quantitative estimate of drug-likeness (QED) is 0.298. The van der Waals surface area contributed by atoms with Crippen molar-refractivity contribution in [3.05, 3.63) is 80.6 Å². The van der Waals surface area contributed by atoms with Crippen LogP contribution < -0.4 is 4.74 Å². The third-order valence-corrected chi connectivity index (χ3v) is 6.00. The fraction of sp³-hybridized carbons (Fsp3) is 0.105. The predicted molar refractivity (Wildman–Crippen MR) is 111 cm³/mol. The summed E-state index contributed by atoms with van der Waals surface area (Å²) >= 11 is 17.8. The molecule has 29 heavy (non-hydrogen) atoms. The molecule has 1 heterocycles. The first kappa shape index (κ1) is 21.5. The Bertz CT molecular complexity index is 1200. The normalized spacial score (nSPS) is 11.3. The number of ether oxygens (including phenoxy) is 1. The van der Waals surface area contributed by atoms with E-state index in [0.29, 0.717) is 10.6 Å². The lowest BCUT2D eigenvalue weighted by Crippen LogP contribution is -2.16. The molecule has 0 aliphatic carbocycles. The molecule has 10 heteroatoms. The van der Waals surface area contributed by atoms with Crippen molar-refractivity contribution in [1.82, 2.24) is 9.97 Å². The van der Waals surface area contributed by atoms with Crippen LogP contribution in [0.15, 0.2) is 53.8 Å². The fourth-order valence-electron chi connectivity index (χ4n) is 2.44. The van der Waals surface area contributed by atoms with Crippen molar-refractivity contribution in [2.75, 3.05) is 0 Å². The van der Waals surface area contributed by atoms with Crippen molar-refractivity contribution >= 4 is 50.6 Å². The number of sulfone groups is 1. The van der Waals surface area contributed by atoms with Gasteiger partial charge in [0.2, 0.25) is 15.0 Å². The fourth-order valence-corrected chi connectivity index (χ4v) is 4.24. The van der Waals surface area contributed by atoms with Gasteiger partial charge in [-0.2, -0.15) is 0 Å². The lowest BCUT2D eigenvalue weighted by molar-refractivity contribution is 0.0727. The SMILES string of the molecule is Cc1cccc(CS(=O)(=O)c2ncc(Cl)c(C(=O)Oc3ccc(Cl)cc3Cl)n2)c1. The Hall–Kier alpha value is -2.19. The predicted octanol–water partition coefficient (Wildman–Crippen LogP) is 4.94. The van der Waals surface area contributed by atoms with Crippen molar-refractivity contribution < 1.29 is 17.9 Å². The van der Waals surface area contributed by atoms with Crippen LogP contribution in [-0.4, -0.2) is 24.4 Å². The van der Waals surface area contributed by atoms with E-state index in [4.69, 9.17) is 39.5 Å². The Morgan fingerprint density at radius 3 is 2.52 bits per heavy atom. The molecule has 0 amide bonds. The van der Waals surface area contributed by atoms with Gasteiger partial charge >= 0.3 is 5.97 Å². The molecule has 0 atom stereocenters. The van der Waals surface area contributed by atoms with Crippen LogP contribution in [0, 0.1) is 6.92 Å². The number of hydrogen-bond donors (Lipinski definition) is 0. The van der Waals surface area contributed by atoms with E-state index in [1.807, 2.05) is 13.0 Å². The number of nitrogens with zero attached hydrogens (tertiary/aromatic N) is 2. The van der Waals surface area contributed by atoms with Gasteiger partial charge in [0.25, 0.3) is 0 Å². The molecule has 0 N–H and O–H groups in total. The van der Waals surface area contributed by atoms with Gasteiger partial charge < -0.3 is 4.74 Å². The Balaban J connectivity index is 1.89.